The molecule has 0 atom stereocenters. The van der Waals surface area contributed by atoms with E-state index in [0.717, 1.165) is 5.69 Å². The van der Waals surface area contributed by atoms with Crippen molar-refractivity contribution in [2.75, 3.05) is 5.32 Å². The molecule has 0 aliphatic heterocycles. The second-order valence-electron chi connectivity index (χ2n) is 4.16. The molecule has 0 radical (unpaired) electrons. The normalized spacial score (nSPS) is 13.8. The largest absolute Gasteiger partial charge is 0.352 e. The molecule has 2 aromatic rings. The maximum absolute atomic E-state index is 12.3. The molecule has 92 valence electrons. The molecule has 1 N–H and O–H groups in total. The predicted octanol–water partition coefficient (Wildman–Crippen LogP) is 2.46. The van der Waals surface area contributed by atoms with Gasteiger partial charge in [-0.15, -0.1) is 0 Å². The zero-order chi connectivity index (χ0) is 13.2. The Morgan fingerprint density at radius 2 is 1.74 bits per heavy atom. The third kappa shape index (κ3) is 2.04. The average Bonchev–Trinajstić information content (AvgIpc) is 2.46. The highest BCUT2D eigenvalue weighted by atomic mass is 16.1. The summed E-state index contributed by atoms with van der Waals surface area (Å²) in [5, 5.41) is 2.97. The summed E-state index contributed by atoms with van der Waals surface area (Å²) in [6, 6.07) is 10.8. The highest BCUT2D eigenvalue weighted by Crippen LogP contribution is 2.21. The Bertz CT molecular complexity index is 690. The number of anilines is 1. The number of ketones is 2. The number of carbonyl (C=O) groups is 2. The first kappa shape index (κ1) is 11.3. The second kappa shape index (κ2) is 4.49. The molecule has 19 heavy (non-hydrogen) atoms. The predicted molar refractivity (Wildman–Crippen MR) is 71.0 cm³/mol. The van der Waals surface area contributed by atoms with E-state index in [2.05, 4.69) is 10.3 Å². The quantitative estimate of drug-likeness (QED) is 0.889. The lowest BCUT2D eigenvalue weighted by molar-refractivity contribution is 0.0985. The molecule has 0 amide bonds. The van der Waals surface area contributed by atoms with Crippen molar-refractivity contribution in [3.05, 3.63) is 71.7 Å². The fraction of sp³-hybridized carbons (Fsp3) is 0. The molecule has 0 spiro atoms. The number of benzene rings is 1. The van der Waals surface area contributed by atoms with Gasteiger partial charge in [0.1, 0.15) is 0 Å². The number of rotatable bonds is 2. The molecular formula is C15H10N2O2. The van der Waals surface area contributed by atoms with Gasteiger partial charge in [-0.3, -0.25) is 14.6 Å². The van der Waals surface area contributed by atoms with Gasteiger partial charge in [0.15, 0.2) is 5.78 Å². The van der Waals surface area contributed by atoms with Gasteiger partial charge in [0.05, 0.1) is 11.3 Å². The minimum Gasteiger partial charge on any atom is -0.352 e. The third-order valence-corrected chi connectivity index (χ3v) is 2.90. The van der Waals surface area contributed by atoms with E-state index in [1.807, 2.05) is 30.3 Å². The summed E-state index contributed by atoms with van der Waals surface area (Å²) in [6.45, 7) is 0. The molecule has 1 heterocycles. The van der Waals surface area contributed by atoms with Gasteiger partial charge in [0.25, 0.3) is 0 Å². The van der Waals surface area contributed by atoms with Crippen molar-refractivity contribution >= 4 is 17.3 Å². The summed E-state index contributed by atoms with van der Waals surface area (Å²) < 4.78 is 0. The van der Waals surface area contributed by atoms with Crippen molar-refractivity contribution in [2.24, 2.45) is 0 Å². The summed E-state index contributed by atoms with van der Waals surface area (Å²) in [6.07, 6.45) is 4.25. The van der Waals surface area contributed by atoms with Gasteiger partial charge >= 0.3 is 0 Å². The maximum Gasteiger partial charge on any atom is 0.210 e. The zero-order valence-corrected chi connectivity index (χ0v) is 9.96. The summed E-state index contributed by atoms with van der Waals surface area (Å²) in [7, 11) is 0. The Labute approximate surface area is 109 Å². The molecule has 1 aliphatic carbocycles. The van der Waals surface area contributed by atoms with E-state index >= 15 is 0 Å². The van der Waals surface area contributed by atoms with E-state index in [9.17, 15) is 9.59 Å². The highest BCUT2D eigenvalue weighted by molar-refractivity contribution is 6.25. The van der Waals surface area contributed by atoms with Crippen molar-refractivity contribution in [3.63, 3.8) is 0 Å². The Hall–Kier alpha value is -2.75. The Morgan fingerprint density at radius 3 is 2.53 bits per heavy atom. The fourth-order valence-electron chi connectivity index (χ4n) is 1.98. The molecule has 0 saturated carbocycles. The van der Waals surface area contributed by atoms with Crippen LogP contribution < -0.4 is 5.32 Å². The van der Waals surface area contributed by atoms with E-state index in [4.69, 9.17) is 0 Å². The van der Waals surface area contributed by atoms with E-state index in [1.54, 1.807) is 6.07 Å². The first-order valence-electron chi connectivity index (χ1n) is 5.82. The average molecular weight is 250 g/mol. The molecule has 0 unspecified atom stereocenters. The van der Waals surface area contributed by atoms with Gasteiger partial charge in [0, 0.05) is 29.7 Å². The van der Waals surface area contributed by atoms with Gasteiger partial charge < -0.3 is 5.32 Å². The van der Waals surface area contributed by atoms with Crippen LogP contribution in [0.1, 0.15) is 20.7 Å². The van der Waals surface area contributed by atoms with Crippen LogP contribution in [-0.4, -0.2) is 16.6 Å². The van der Waals surface area contributed by atoms with Gasteiger partial charge in [0.2, 0.25) is 5.78 Å². The lowest BCUT2D eigenvalue weighted by atomic mass is 9.94. The number of fused-ring (bicyclic) bond motifs is 1. The number of pyridine rings is 1. The number of carbonyl (C=O) groups excluding carboxylic acids is 2. The van der Waals surface area contributed by atoms with Crippen LogP contribution in [0, 0.1) is 0 Å². The van der Waals surface area contributed by atoms with Crippen LogP contribution in [-0.2, 0) is 0 Å². The first-order chi connectivity index (χ1) is 9.25. The number of allylic oxidation sites excluding steroid dienone is 2. The van der Waals surface area contributed by atoms with Gasteiger partial charge in [-0.2, -0.15) is 0 Å². The molecule has 0 fully saturated rings. The lowest BCUT2D eigenvalue weighted by Gasteiger charge is -2.15. The molecular weight excluding hydrogens is 240 g/mol. The lowest BCUT2D eigenvalue weighted by Crippen LogP contribution is -2.21. The second-order valence-corrected chi connectivity index (χ2v) is 4.16. The summed E-state index contributed by atoms with van der Waals surface area (Å²) >= 11 is 0. The molecule has 1 aromatic carbocycles. The van der Waals surface area contributed by atoms with Crippen LogP contribution in [0.25, 0.3) is 0 Å². The minimum absolute atomic E-state index is 0.194. The first-order valence-corrected chi connectivity index (χ1v) is 5.82. The number of hydrogen-bond donors (Lipinski definition) is 1. The summed E-state index contributed by atoms with van der Waals surface area (Å²) in [5.41, 5.74) is 1.80. The summed E-state index contributed by atoms with van der Waals surface area (Å²) in [4.78, 5) is 28.0. The third-order valence-electron chi connectivity index (χ3n) is 2.90. The van der Waals surface area contributed by atoms with Crippen molar-refractivity contribution in [3.8, 4) is 0 Å². The SMILES string of the molecule is O=C1C=C(Nc2ccccc2)C(=O)c2ccncc21. The van der Waals surface area contributed by atoms with E-state index in [1.165, 1.54) is 18.5 Å². The fourth-order valence-corrected chi connectivity index (χ4v) is 1.98. The van der Waals surface area contributed by atoms with Crippen LogP contribution >= 0.6 is 0 Å². The minimum atomic E-state index is -0.207. The summed E-state index contributed by atoms with van der Waals surface area (Å²) in [5.74, 6) is -0.401. The topological polar surface area (TPSA) is 59.1 Å². The van der Waals surface area contributed by atoms with Gasteiger partial charge in [-0.1, -0.05) is 18.2 Å². The van der Waals surface area contributed by atoms with E-state index in [0.29, 0.717) is 11.1 Å². The van der Waals surface area contributed by atoms with Crippen molar-refractivity contribution in [1.82, 2.24) is 4.98 Å². The van der Waals surface area contributed by atoms with Crippen LogP contribution in [0.4, 0.5) is 5.69 Å². The number of Topliss-reactive ketones (excluding diaryl/α,β-unsaturated/α-hetero) is 1. The molecule has 3 rings (SSSR count). The molecule has 0 saturated heterocycles. The number of hydrogen-bond acceptors (Lipinski definition) is 4. The molecule has 0 bridgehead atoms. The van der Waals surface area contributed by atoms with Crippen LogP contribution in [0.2, 0.25) is 0 Å². The van der Waals surface area contributed by atoms with Crippen LogP contribution in [0.15, 0.2) is 60.6 Å². The van der Waals surface area contributed by atoms with Crippen molar-refractivity contribution in [1.29, 1.82) is 0 Å². The monoisotopic (exact) mass is 250 g/mol. The number of nitrogens with one attached hydrogen (secondary N) is 1. The Kier molecular flexibility index (Phi) is 2.68. The standard InChI is InChI=1S/C15H10N2O2/c18-14-8-13(17-10-4-2-1-3-5-10)15(19)11-6-7-16-9-12(11)14/h1-9,17H. The van der Waals surface area contributed by atoms with E-state index in [-0.39, 0.29) is 17.3 Å². The number of para-hydroxylation sites is 1. The maximum atomic E-state index is 12.3. The Morgan fingerprint density at radius 1 is 0.947 bits per heavy atom. The number of nitrogens with zero attached hydrogens (tertiary/aromatic N) is 1. The van der Waals surface area contributed by atoms with Crippen LogP contribution in [0.5, 0.6) is 0 Å². The van der Waals surface area contributed by atoms with Crippen LogP contribution in [0.3, 0.4) is 0 Å². The van der Waals surface area contributed by atoms with E-state index < -0.39 is 0 Å². The number of aromatic nitrogens is 1. The highest BCUT2D eigenvalue weighted by Gasteiger charge is 2.25. The van der Waals surface area contributed by atoms with Gasteiger partial charge in [-0.25, -0.2) is 0 Å². The zero-order valence-electron chi connectivity index (χ0n) is 9.96. The molecule has 1 aromatic heterocycles. The smallest absolute Gasteiger partial charge is 0.210 e. The Balaban J connectivity index is 1.97. The van der Waals surface area contributed by atoms with Crippen molar-refractivity contribution in [2.45, 2.75) is 0 Å². The molecule has 4 heteroatoms. The molecule has 1 aliphatic rings. The van der Waals surface area contributed by atoms with Gasteiger partial charge in [-0.05, 0) is 18.2 Å². The molecule has 4 nitrogen and oxygen atoms in total. The van der Waals surface area contributed by atoms with Crippen molar-refractivity contribution < 1.29 is 9.59 Å².